The predicted octanol–water partition coefficient (Wildman–Crippen LogP) is 5.79. The van der Waals surface area contributed by atoms with Gasteiger partial charge in [0.15, 0.2) is 0 Å². The number of nitrogens with zero attached hydrogens (tertiary/aromatic N) is 3. The molecule has 0 unspecified atom stereocenters. The summed E-state index contributed by atoms with van der Waals surface area (Å²) in [6.45, 7) is 1.17. The Morgan fingerprint density at radius 1 is 1.03 bits per heavy atom. The van der Waals surface area contributed by atoms with Gasteiger partial charge in [-0.3, -0.25) is 9.36 Å². The first-order chi connectivity index (χ1) is 17.1. The molecule has 4 aromatic rings. The van der Waals surface area contributed by atoms with Crippen molar-refractivity contribution in [2.45, 2.75) is 32.9 Å². The molecule has 0 aliphatic carbocycles. The molecule has 1 aromatic heterocycles. The van der Waals surface area contributed by atoms with E-state index in [0.717, 1.165) is 23.1 Å². The molecule has 0 bridgehead atoms. The average Bonchev–Trinajstić information content (AvgIpc) is 2.91. The molecular weight excluding hydrogens is 441 g/mol. The van der Waals surface area contributed by atoms with Gasteiger partial charge in [-0.05, 0) is 53.4 Å². The lowest BCUT2D eigenvalue weighted by Gasteiger charge is -2.16. The molecule has 0 fully saturated rings. The zero-order valence-corrected chi connectivity index (χ0v) is 19.8. The molecule has 0 radical (unpaired) electrons. The number of benzene rings is 3. The Labute approximate surface area is 204 Å². The van der Waals surface area contributed by atoms with Crippen LogP contribution in [0.4, 0.5) is 4.39 Å². The predicted molar refractivity (Wildman–Crippen MR) is 135 cm³/mol. The summed E-state index contributed by atoms with van der Waals surface area (Å²) in [5, 5.41) is 9.41. The van der Waals surface area contributed by atoms with Crippen LogP contribution in [0.15, 0.2) is 77.6 Å². The molecule has 6 heteroatoms. The summed E-state index contributed by atoms with van der Waals surface area (Å²) >= 11 is 0. The van der Waals surface area contributed by atoms with Gasteiger partial charge in [0.25, 0.3) is 5.56 Å². The molecular formula is C29H26FN3O2. The number of aromatic nitrogens is 2. The van der Waals surface area contributed by atoms with Crippen LogP contribution in [0, 0.1) is 11.3 Å². The van der Waals surface area contributed by atoms with Crippen molar-refractivity contribution in [2.24, 2.45) is 0 Å². The third kappa shape index (κ3) is 4.99. The lowest BCUT2D eigenvalue weighted by Crippen LogP contribution is -2.29. The number of nitriles is 1. The van der Waals surface area contributed by atoms with E-state index >= 15 is 0 Å². The number of alkyl halides is 1. The average molecular weight is 468 g/mol. The topological polar surface area (TPSA) is 67.9 Å². The van der Waals surface area contributed by atoms with Crippen LogP contribution in [0.2, 0.25) is 0 Å². The van der Waals surface area contributed by atoms with Gasteiger partial charge in [0.05, 0.1) is 30.1 Å². The Kier molecular flexibility index (Phi) is 7.37. The van der Waals surface area contributed by atoms with Gasteiger partial charge in [-0.1, -0.05) is 55.8 Å². The number of methoxy groups -OCH3 is 1. The van der Waals surface area contributed by atoms with E-state index in [-0.39, 0.29) is 11.4 Å². The van der Waals surface area contributed by atoms with Crippen LogP contribution in [-0.2, 0) is 19.5 Å². The number of halogens is 1. The van der Waals surface area contributed by atoms with Gasteiger partial charge in [0.2, 0.25) is 0 Å². The van der Waals surface area contributed by atoms with Crippen molar-refractivity contribution in [3.8, 4) is 28.6 Å². The van der Waals surface area contributed by atoms with Crippen molar-refractivity contribution in [1.82, 2.24) is 9.55 Å². The standard InChI is InChI=1S/C29H26FN3O2/c1-3-6-27-26(17-20-9-11-21(12-10-20)25-8-5-4-7-22(25)19-31)29(34)33(28(18-30)32-27)23-13-15-24(35-2)16-14-23/h4-5,7-16H,3,6,17-18H2,1-2H3. The van der Waals surface area contributed by atoms with Gasteiger partial charge in [-0.15, -0.1) is 0 Å². The first kappa shape index (κ1) is 23.9. The number of rotatable bonds is 8. The molecule has 0 N–H and O–H groups in total. The van der Waals surface area contributed by atoms with E-state index in [9.17, 15) is 14.4 Å². The minimum absolute atomic E-state index is 0.0934. The highest BCUT2D eigenvalue weighted by Gasteiger charge is 2.18. The lowest BCUT2D eigenvalue weighted by molar-refractivity contribution is 0.414. The molecule has 0 saturated heterocycles. The first-order valence-electron chi connectivity index (χ1n) is 11.5. The zero-order valence-electron chi connectivity index (χ0n) is 19.8. The van der Waals surface area contributed by atoms with E-state index in [1.165, 1.54) is 4.57 Å². The third-order valence-electron chi connectivity index (χ3n) is 5.96. The minimum atomic E-state index is -0.842. The van der Waals surface area contributed by atoms with Gasteiger partial charge in [0.1, 0.15) is 18.2 Å². The third-order valence-corrected chi connectivity index (χ3v) is 5.96. The minimum Gasteiger partial charge on any atom is -0.497 e. The molecule has 0 saturated carbocycles. The van der Waals surface area contributed by atoms with E-state index < -0.39 is 6.67 Å². The van der Waals surface area contributed by atoms with Crippen molar-refractivity contribution in [2.75, 3.05) is 7.11 Å². The van der Waals surface area contributed by atoms with Gasteiger partial charge >= 0.3 is 0 Å². The maximum absolute atomic E-state index is 14.0. The SMILES string of the molecule is CCCc1nc(CF)n(-c2ccc(OC)cc2)c(=O)c1Cc1ccc(-c2ccccc2C#N)cc1. The quantitative estimate of drug-likeness (QED) is 0.329. The van der Waals surface area contributed by atoms with E-state index in [1.54, 1.807) is 37.4 Å². The summed E-state index contributed by atoms with van der Waals surface area (Å²) in [5.41, 5.74) is 4.82. The van der Waals surface area contributed by atoms with E-state index in [1.807, 2.05) is 49.4 Å². The Morgan fingerprint density at radius 3 is 2.37 bits per heavy atom. The molecule has 5 nitrogen and oxygen atoms in total. The van der Waals surface area contributed by atoms with Crippen LogP contribution in [0.3, 0.4) is 0 Å². The lowest BCUT2D eigenvalue weighted by atomic mass is 9.97. The van der Waals surface area contributed by atoms with Gasteiger partial charge in [-0.2, -0.15) is 5.26 Å². The highest BCUT2D eigenvalue weighted by atomic mass is 19.1. The van der Waals surface area contributed by atoms with E-state index in [4.69, 9.17) is 4.74 Å². The van der Waals surface area contributed by atoms with Crippen LogP contribution in [0.1, 0.15) is 41.6 Å². The first-order valence-corrected chi connectivity index (χ1v) is 11.5. The summed E-state index contributed by atoms with van der Waals surface area (Å²) in [6.07, 6.45) is 1.76. The Hall–Kier alpha value is -4.24. The summed E-state index contributed by atoms with van der Waals surface area (Å²) in [5.74, 6) is 0.744. The smallest absolute Gasteiger partial charge is 0.261 e. The fourth-order valence-electron chi connectivity index (χ4n) is 4.20. The van der Waals surface area contributed by atoms with Crippen molar-refractivity contribution < 1.29 is 9.13 Å². The molecule has 35 heavy (non-hydrogen) atoms. The monoisotopic (exact) mass is 467 g/mol. The molecule has 3 aromatic carbocycles. The van der Waals surface area contributed by atoms with Crippen LogP contribution in [-0.4, -0.2) is 16.7 Å². The summed E-state index contributed by atoms with van der Waals surface area (Å²) in [4.78, 5) is 18.2. The van der Waals surface area contributed by atoms with E-state index in [2.05, 4.69) is 11.1 Å². The van der Waals surface area contributed by atoms with Crippen molar-refractivity contribution in [3.05, 3.63) is 111 Å². The molecule has 0 spiro atoms. The molecule has 0 aliphatic heterocycles. The Balaban J connectivity index is 1.76. The molecule has 1 heterocycles. The number of ether oxygens (including phenoxy) is 1. The van der Waals surface area contributed by atoms with Crippen LogP contribution in [0.5, 0.6) is 5.75 Å². The molecule has 0 aliphatic rings. The van der Waals surface area contributed by atoms with Crippen molar-refractivity contribution in [1.29, 1.82) is 5.26 Å². The van der Waals surface area contributed by atoms with Gasteiger partial charge < -0.3 is 4.74 Å². The van der Waals surface area contributed by atoms with Crippen molar-refractivity contribution >= 4 is 0 Å². The fourth-order valence-corrected chi connectivity index (χ4v) is 4.20. The second kappa shape index (κ2) is 10.8. The van der Waals surface area contributed by atoms with Crippen LogP contribution in [0.25, 0.3) is 16.8 Å². The Bertz CT molecular complexity index is 1420. The second-order valence-corrected chi connectivity index (χ2v) is 8.21. The fraction of sp³-hybridized carbons (Fsp3) is 0.207. The largest absolute Gasteiger partial charge is 0.497 e. The molecule has 0 atom stereocenters. The molecule has 4 rings (SSSR count). The van der Waals surface area contributed by atoms with Crippen LogP contribution >= 0.6 is 0 Å². The summed E-state index contributed by atoms with van der Waals surface area (Å²) in [6, 6.07) is 24.4. The number of hydrogen-bond acceptors (Lipinski definition) is 4. The molecule has 0 amide bonds. The van der Waals surface area contributed by atoms with Crippen LogP contribution < -0.4 is 10.3 Å². The van der Waals surface area contributed by atoms with Crippen molar-refractivity contribution in [3.63, 3.8) is 0 Å². The number of hydrogen-bond donors (Lipinski definition) is 0. The second-order valence-electron chi connectivity index (χ2n) is 8.21. The normalized spacial score (nSPS) is 10.7. The Morgan fingerprint density at radius 2 is 1.74 bits per heavy atom. The van der Waals surface area contributed by atoms with E-state index in [0.29, 0.717) is 41.1 Å². The van der Waals surface area contributed by atoms with Gasteiger partial charge in [-0.25, -0.2) is 9.37 Å². The zero-order chi connectivity index (χ0) is 24.8. The maximum atomic E-state index is 14.0. The number of aryl methyl sites for hydroxylation is 1. The highest BCUT2D eigenvalue weighted by molar-refractivity contribution is 5.70. The maximum Gasteiger partial charge on any atom is 0.261 e. The molecule has 176 valence electrons. The highest BCUT2D eigenvalue weighted by Crippen LogP contribution is 2.25. The summed E-state index contributed by atoms with van der Waals surface area (Å²) in [7, 11) is 1.57. The van der Waals surface area contributed by atoms with Gasteiger partial charge in [0, 0.05) is 12.0 Å². The summed E-state index contributed by atoms with van der Waals surface area (Å²) < 4.78 is 20.5.